The van der Waals surface area contributed by atoms with E-state index in [1.54, 1.807) is 5.38 Å². The third-order valence-electron chi connectivity index (χ3n) is 3.58. The summed E-state index contributed by atoms with van der Waals surface area (Å²) in [6, 6.07) is 2.06. The number of hydrogen-bond acceptors (Lipinski definition) is 5. The molecule has 110 valence electrons. The van der Waals surface area contributed by atoms with E-state index in [1.165, 1.54) is 18.4 Å². The van der Waals surface area contributed by atoms with Crippen molar-refractivity contribution in [1.29, 1.82) is 0 Å². The fraction of sp³-hybridized carbons (Fsp3) is 0.357. The lowest BCUT2D eigenvalue weighted by molar-refractivity contribution is 0.668. The highest BCUT2D eigenvalue weighted by atomic mass is 32.1. The molecule has 0 spiro atoms. The number of nitrogens with two attached hydrogens (primary N) is 1. The van der Waals surface area contributed by atoms with Crippen LogP contribution in [0, 0.1) is 0 Å². The molecular weight excluding hydrogens is 304 g/mol. The Labute approximate surface area is 131 Å². The van der Waals surface area contributed by atoms with Crippen molar-refractivity contribution in [3.8, 4) is 0 Å². The van der Waals surface area contributed by atoms with E-state index in [2.05, 4.69) is 21.4 Å². The molecule has 1 aliphatic carbocycles. The number of anilines is 1. The predicted molar refractivity (Wildman–Crippen MR) is 89.0 cm³/mol. The number of aromatic amines is 1. The molecule has 1 aliphatic rings. The van der Waals surface area contributed by atoms with Gasteiger partial charge in [-0.05, 0) is 37.3 Å². The lowest BCUT2D eigenvalue weighted by Crippen LogP contribution is -2.18. The van der Waals surface area contributed by atoms with Crippen LogP contribution < -0.4 is 15.9 Å². The van der Waals surface area contributed by atoms with Crippen molar-refractivity contribution in [2.45, 2.75) is 32.2 Å². The van der Waals surface area contributed by atoms with Gasteiger partial charge in [-0.2, -0.15) is 0 Å². The van der Waals surface area contributed by atoms with Crippen molar-refractivity contribution in [3.05, 3.63) is 43.6 Å². The van der Waals surface area contributed by atoms with Gasteiger partial charge in [-0.3, -0.25) is 4.79 Å². The van der Waals surface area contributed by atoms with Gasteiger partial charge in [0.05, 0.1) is 12.1 Å². The van der Waals surface area contributed by atoms with Gasteiger partial charge in [0.1, 0.15) is 10.8 Å². The Kier molecular flexibility index (Phi) is 4.03. The molecule has 0 unspecified atom stereocenters. The molecule has 2 aromatic rings. The van der Waals surface area contributed by atoms with Gasteiger partial charge < -0.3 is 16.0 Å². The Hall–Kier alpha value is -1.73. The molecule has 0 saturated carbocycles. The standard InChI is InChI=1S/C14H16N4OS2/c15-12(20)10-5-8-3-1-2-4-11(8)18-13(10)16-6-9-7-21-14(19)17-9/h5,7H,1-4,6H2,(H2,15,20)(H,16,18)(H,17,19). The van der Waals surface area contributed by atoms with Gasteiger partial charge >= 0.3 is 4.87 Å². The Morgan fingerprint density at radius 2 is 2.29 bits per heavy atom. The zero-order valence-corrected chi connectivity index (χ0v) is 13.1. The molecule has 0 radical (unpaired) electrons. The van der Waals surface area contributed by atoms with E-state index in [-0.39, 0.29) is 4.87 Å². The summed E-state index contributed by atoms with van der Waals surface area (Å²) in [7, 11) is 0. The molecule has 0 bridgehead atoms. The zero-order chi connectivity index (χ0) is 14.8. The lowest BCUT2D eigenvalue weighted by atomic mass is 9.94. The van der Waals surface area contributed by atoms with Gasteiger partial charge in [0.25, 0.3) is 0 Å². The first-order valence-electron chi connectivity index (χ1n) is 6.86. The summed E-state index contributed by atoms with van der Waals surface area (Å²) in [4.78, 5) is 18.9. The third kappa shape index (κ3) is 3.14. The van der Waals surface area contributed by atoms with E-state index in [1.807, 2.05) is 0 Å². The maximum absolute atomic E-state index is 11.1. The minimum Gasteiger partial charge on any atom is -0.389 e. The van der Waals surface area contributed by atoms with Gasteiger partial charge in [0, 0.05) is 16.8 Å². The number of thiocarbonyl (C=S) groups is 1. The lowest BCUT2D eigenvalue weighted by Gasteiger charge is -2.19. The highest BCUT2D eigenvalue weighted by Crippen LogP contribution is 2.25. The summed E-state index contributed by atoms with van der Waals surface area (Å²) < 4.78 is 0. The van der Waals surface area contributed by atoms with Crippen molar-refractivity contribution in [2.24, 2.45) is 5.73 Å². The number of hydrogen-bond donors (Lipinski definition) is 3. The smallest absolute Gasteiger partial charge is 0.304 e. The van der Waals surface area contributed by atoms with Crippen LogP contribution in [0.5, 0.6) is 0 Å². The topological polar surface area (TPSA) is 83.8 Å². The van der Waals surface area contributed by atoms with Crippen molar-refractivity contribution in [2.75, 3.05) is 5.32 Å². The van der Waals surface area contributed by atoms with Crippen molar-refractivity contribution in [1.82, 2.24) is 9.97 Å². The number of rotatable bonds is 4. The van der Waals surface area contributed by atoms with Gasteiger partial charge in [-0.25, -0.2) is 4.98 Å². The maximum Gasteiger partial charge on any atom is 0.304 e. The summed E-state index contributed by atoms with van der Waals surface area (Å²) in [5.41, 5.74) is 9.81. The molecule has 0 aliphatic heterocycles. The first-order valence-corrected chi connectivity index (χ1v) is 8.15. The van der Waals surface area contributed by atoms with Crippen LogP contribution in [-0.2, 0) is 19.4 Å². The second kappa shape index (κ2) is 5.95. The van der Waals surface area contributed by atoms with Crippen molar-refractivity contribution < 1.29 is 0 Å². The van der Waals surface area contributed by atoms with E-state index in [4.69, 9.17) is 18.0 Å². The summed E-state index contributed by atoms with van der Waals surface area (Å²) in [5, 5.41) is 5.03. The number of aromatic nitrogens is 2. The van der Waals surface area contributed by atoms with Crippen molar-refractivity contribution in [3.63, 3.8) is 0 Å². The largest absolute Gasteiger partial charge is 0.389 e. The molecule has 0 saturated heterocycles. The summed E-state index contributed by atoms with van der Waals surface area (Å²) in [6.45, 7) is 0.500. The van der Waals surface area contributed by atoms with E-state index in [9.17, 15) is 4.79 Å². The zero-order valence-electron chi connectivity index (χ0n) is 11.4. The highest BCUT2D eigenvalue weighted by Gasteiger charge is 2.16. The molecule has 3 rings (SSSR count). The molecule has 0 amide bonds. The van der Waals surface area contributed by atoms with Gasteiger partial charge in [-0.15, -0.1) is 0 Å². The van der Waals surface area contributed by atoms with Crippen molar-refractivity contribution >= 4 is 34.4 Å². The first-order chi connectivity index (χ1) is 10.1. The number of H-pyrrole nitrogens is 1. The number of nitrogens with one attached hydrogen (secondary N) is 2. The fourth-order valence-corrected chi connectivity index (χ4v) is 3.27. The number of thiazole rings is 1. The van der Waals surface area contributed by atoms with E-state index in [0.29, 0.717) is 17.4 Å². The molecule has 21 heavy (non-hydrogen) atoms. The number of pyridine rings is 1. The minimum atomic E-state index is -0.0558. The highest BCUT2D eigenvalue weighted by molar-refractivity contribution is 7.80. The Bertz CT molecular complexity index is 735. The first kappa shape index (κ1) is 14.2. The summed E-state index contributed by atoms with van der Waals surface area (Å²) in [6.07, 6.45) is 4.39. The SMILES string of the molecule is NC(=S)c1cc2c(nc1NCc1csc(=O)[nH]1)CCCC2. The average molecular weight is 320 g/mol. The van der Waals surface area contributed by atoms with Crippen LogP contribution in [0.4, 0.5) is 5.82 Å². The molecule has 0 fully saturated rings. The van der Waals surface area contributed by atoms with Crippen LogP contribution in [0.2, 0.25) is 0 Å². The minimum absolute atomic E-state index is 0.0558. The van der Waals surface area contributed by atoms with Crippen LogP contribution in [0.1, 0.15) is 35.4 Å². The molecular formula is C14H16N4OS2. The fourth-order valence-electron chi connectivity index (χ4n) is 2.54. The third-order valence-corrected chi connectivity index (χ3v) is 4.52. The van der Waals surface area contributed by atoms with Crippen LogP contribution in [0.3, 0.4) is 0 Å². The second-order valence-electron chi connectivity index (χ2n) is 5.09. The van der Waals surface area contributed by atoms with Gasteiger partial charge in [0.15, 0.2) is 0 Å². The summed E-state index contributed by atoms with van der Waals surface area (Å²) >= 11 is 6.28. The quantitative estimate of drug-likeness (QED) is 0.750. The summed E-state index contributed by atoms with van der Waals surface area (Å²) in [5.74, 6) is 0.704. The monoisotopic (exact) mass is 320 g/mol. The Balaban J connectivity index is 1.88. The second-order valence-corrected chi connectivity index (χ2v) is 6.37. The normalized spacial score (nSPS) is 13.7. The molecule has 5 nitrogen and oxygen atoms in total. The average Bonchev–Trinajstić information content (AvgIpc) is 2.89. The predicted octanol–water partition coefficient (Wildman–Crippen LogP) is 1.96. The van der Waals surface area contributed by atoms with Crippen LogP contribution in [-0.4, -0.2) is 15.0 Å². The molecule has 0 atom stereocenters. The number of fused-ring (bicyclic) bond motifs is 1. The number of aryl methyl sites for hydroxylation is 2. The van der Waals surface area contributed by atoms with E-state index >= 15 is 0 Å². The van der Waals surface area contributed by atoms with E-state index in [0.717, 1.165) is 41.1 Å². The Morgan fingerprint density at radius 3 is 3.00 bits per heavy atom. The maximum atomic E-state index is 11.1. The van der Waals surface area contributed by atoms with Crippen LogP contribution in [0.25, 0.3) is 0 Å². The Morgan fingerprint density at radius 1 is 1.48 bits per heavy atom. The molecule has 2 heterocycles. The van der Waals surface area contributed by atoms with Gasteiger partial charge in [-0.1, -0.05) is 23.6 Å². The molecule has 2 aromatic heterocycles. The molecule has 7 heteroatoms. The molecule has 0 aromatic carbocycles. The number of nitrogens with zero attached hydrogens (tertiary/aromatic N) is 1. The van der Waals surface area contributed by atoms with E-state index < -0.39 is 0 Å². The van der Waals surface area contributed by atoms with Crippen LogP contribution >= 0.6 is 23.6 Å². The molecule has 4 N–H and O–H groups in total. The van der Waals surface area contributed by atoms with Gasteiger partial charge in [0.2, 0.25) is 0 Å². The van der Waals surface area contributed by atoms with Crippen LogP contribution in [0.15, 0.2) is 16.2 Å².